The first-order chi connectivity index (χ1) is 9.17. The van der Waals surface area contributed by atoms with E-state index in [1.165, 1.54) is 5.56 Å². The van der Waals surface area contributed by atoms with Crippen LogP contribution in [-0.4, -0.2) is 9.78 Å². The lowest BCUT2D eigenvalue weighted by atomic mass is 10.1. The number of hydrogen-bond donors (Lipinski definition) is 1. The summed E-state index contributed by atoms with van der Waals surface area (Å²) in [6.07, 6.45) is 3.82. The average molecular weight is 258 g/mol. The lowest BCUT2D eigenvalue weighted by Gasteiger charge is -2.10. The molecular formula is C16H22N2O. The van der Waals surface area contributed by atoms with Crippen LogP contribution in [0.15, 0.2) is 29.1 Å². The van der Waals surface area contributed by atoms with Crippen LogP contribution in [0.3, 0.4) is 0 Å². The van der Waals surface area contributed by atoms with Gasteiger partial charge in [0, 0.05) is 11.3 Å². The Bertz CT molecular complexity index is 607. The van der Waals surface area contributed by atoms with Gasteiger partial charge in [0.25, 0.3) is 5.56 Å². The van der Waals surface area contributed by atoms with Crippen molar-refractivity contribution in [1.29, 1.82) is 0 Å². The van der Waals surface area contributed by atoms with E-state index < -0.39 is 0 Å². The van der Waals surface area contributed by atoms with E-state index >= 15 is 0 Å². The van der Waals surface area contributed by atoms with Crippen LogP contribution in [0.1, 0.15) is 43.5 Å². The van der Waals surface area contributed by atoms with Gasteiger partial charge >= 0.3 is 0 Å². The Morgan fingerprint density at radius 3 is 2.53 bits per heavy atom. The monoisotopic (exact) mass is 258 g/mol. The zero-order chi connectivity index (χ0) is 13.8. The molecule has 1 aromatic carbocycles. The number of nitrogens with zero attached hydrogens (tertiary/aromatic N) is 1. The Morgan fingerprint density at radius 1 is 1.16 bits per heavy atom. The van der Waals surface area contributed by atoms with Gasteiger partial charge in [-0.15, -0.1) is 0 Å². The van der Waals surface area contributed by atoms with Gasteiger partial charge in [-0.05, 0) is 37.5 Å². The number of hydrogen-bond acceptors (Lipinski definition) is 1. The van der Waals surface area contributed by atoms with Gasteiger partial charge in [0.05, 0.1) is 5.69 Å². The van der Waals surface area contributed by atoms with Crippen LogP contribution < -0.4 is 5.56 Å². The van der Waals surface area contributed by atoms with Gasteiger partial charge in [-0.3, -0.25) is 14.6 Å². The summed E-state index contributed by atoms with van der Waals surface area (Å²) in [5, 5.41) is 2.99. The number of benzene rings is 1. The second-order valence-electron chi connectivity index (χ2n) is 5.04. The number of aromatic amines is 1. The van der Waals surface area contributed by atoms with Crippen LogP contribution in [0, 0.1) is 6.92 Å². The van der Waals surface area contributed by atoms with E-state index in [1.807, 2.05) is 16.8 Å². The van der Waals surface area contributed by atoms with Gasteiger partial charge in [0.15, 0.2) is 0 Å². The Morgan fingerprint density at radius 2 is 1.89 bits per heavy atom. The topological polar surface area (TPSA) is 37.8 Å². The fourth-order valence-electron chi connectivity index (χ4n) is 2.50. The van der Waals surface area contributed by atoms with E-state index in [0.29, 0.717) is 0 Å². The van der Waals surface area contributed by atoms with E-state index in [-0.39, 0.29) is 5.56 Å². The number of H-pyrrole nitrogens is 1. The molecule has 102 valence electrons. The van der Waals surface area contributed by atoms with Gasteiger partial charge in [-0.25, -0.2) is 0 Å². The van der Waals surface area contributed by atoms with Crippen molar-refractivity contribution in [3.05, 3.63) is 51.4 Å². The van der Waals surface area contributed by atoms with Crippen molar-refractivity contribution >= 4 is 0 Å². The van der Waals surface area contributed by atoms with Gasteiger partial charge in [-0.1, -0.05) is 38.8 Å². The molecule has 1 N–H and O–H groups in total. The summed E-state index contributed by atoms with van der Waals surface area (Å²) in [5.41, 5.74) is 4.40. The lowest BCUT2D eigenvalue weighted by molar-refractivity contribution is 0.760. The molecule has 2 rings (SSSR count). The van der Waals surface area contributed by atoms with E-state index in [1.54, 1.807) is 0 Å². The Kier molecular flexibility index (Phi) is 4.25. The standard InChI is InChI=1S/C16H22N2O/c1-4-7-14-15(8-5-2)18(17-16(14)19)13-10-6-9-12(3)11-13/h6,9-11H,4-5,7-8H2,1-3H3,(H,17,19). The molecule has 1 heterocycles. The molecule has 0 amide bonds. The van der Waals surface area contributed by atoms with Gasteiger partial charge in [0.2, 0.25) is 0 Å². The molecule has 0 aliphatic carbocycles. The van der Waals surface area contributed by atoms with Crippen LogP contribution in [-0.2, 0) is 12.8 Å². The summed E-state index contributed by atoms with van der Waals surface area (Å²) in [6, 6.07) is 8.23. The molecule has 0 fully saturated rings. The molecule has 2 aromatic rings. The summed E-state index contributed by atoms with van der Waals surface area (Å²) in [6.45, 7) is 6.32. The molecular weight excluding hydrogens is 236 g/mol. The number of nitrogens with one attached hydrogen (secondary N) is 1. The number of aryl methyl sites for hydroxylation is 1. The van der Waals surface area contributed by atoms with E-state index in [4.69, 9.17) is 0 Å². The second-order valence-corrected chi connectivity index (χ2v) is 5.04. The molecule has 0 bridgehead atoms. The summed E-state index contributed by atoms with van der Waals surface area (Å²) in [7, 11) is 0. The van der Waals surface area contributed by atoms with E-state index in [2.05, 4.69) is 38.0 Å². The maximum absolute atomic E-state index is 12.1. The molecule has 19 heavy (non-hydrogen) atoms. The Balaban J connectivity index is 2.56. The van der Waals surface area contributed by atoms with Crippen LogP contribution in [0.5, 0.6) is 0 Å². The highest BCUT2D eigenvalue weighted by Crippen LogP contribution is 2.16. The molecule has 0 spiro atoms. The average Bonchev–Trinajstić information content (AvgIpc) is 2.69. The maximum atomic E-state index is 12.1. The minimum absolute atomic E-state index is 0.0619. The summed E-state index contributed by atoms with van der Waals surface area (Å²) in [5.74, 6) is 0. The molecule has 1 aromatic heterocycles. The van der Waals surface area contributed by atoms with Crippen molar-refractivity contribution in [2.45, 2.75) is 46.5 Å². The lowest BCUT2D eigenvalue weighted by Crippen LogP contribution is -2.07. The van der Waals surface area contributed by atoms with Crippen molar-refractivity contribution in [2.75, 3.05) is 0 Å². The summed E-state index contributed by atoms with van der Waals surface area (Å²) >= 11 is 0. The highest BCUT2D eigenvalue weighted by Gasteiger charge is 2.14. The summed E-state index contributed by atoms with van der Waals surface area (Å²) < 4.78 is 1.96. The van der Waals surface area contributed by atoms with Gasteiger partial charge < -0.3 is 0 Å². The molecule has 3 heteroatoms. The Hall–Kier alpha value is -1.77. The van der Waals surface area contributed by atoms with Crippen molar-refractivity contribution in [3.63, 3.8) is 0 Å². The Labute approximate surface area is 114 Å². The second kappa shape index (κ2) is 5.91. The third-order valence-corrected chi connectivity index (χ3v) is 3.35. The molecule has 0 radical (unpaired) electrons. The van der Waals surface area contributed by atoms with Crippen LogP contribution in [0.25, 0.3) is 5.69 Å². The van der Waals surface area contributed by atoms with Crippen LogP contribution in [0.2, 0.25) is 0 Å². The zero-order valence-corrected chi connectivity index (χ0v) is 12.0. The molecule has 0 saturated carbocycles. The minimum atomic E-state index is 0.0619. The number of rotatable bonds is 5. The maximum Gasteiger partial charge on any atom is 0.267 e. The van der Waals surface area contributed by atoms with Gasteiger partial charge in [0.1, 0.15) is 0 Å². The molecule has 0 saturated heterocycles. The van der Waals surface area contributed by atoms with Crippen molar-refractivity contribution in [1.82, 2.24) is 9.78 Å². The first kappa shape index (κ1) is 13.7. The molecule has 0 aliphatic rings. The minimum Gasteiger partial charge on any atom is -0.268 e. The van der Waals surface area contributed by atoms with E-state index in [9.17, 15) is 4.79 Å². The molecule has 0 unspecified atom stereocenters. The predicted octanol–water partition coefficient (Wildman–Crippen LogP) is 3.38. The zero-order valence-electron chi connectivity index (χ0n) is 12.0. The first-order valence-corrected chi connectivity index (χ1v) is 7.07. The van der Waals surface area contributed by atoms with Crippen LogP contribution in [0.4, 0.5) is 0 Å². The normalized spacial score (nSPS) is 10.9. The van der Waals surface area contributed by atoms with Crippen LogP contribution >= 0.6 is 0 Å². The van der Waals surface area contributed by atoms with Gasteiger partial charge in [-0.2, -0.15) is 0 Å². The van der Waals surface area contributed by atoms with Crippen molar-refractivity contribution in [3.8, 4) is 5.69 Å². The fraction of sp³-hybridized carbons (Fsp3) is 0.438. The molecule has 3 nitrogen and oxygen atoms in total. The smallest absolute Gasteiger partial charge is 0.267 e. The first-order valence-electron chi connectivity index (χ1n) is 7.07. The molecule has 0 atom stereocenters. The van der Waals surface area contributed by atoms with Crippen molar-refractivity contribution < 1.29 is 0 Å². The van der Waals surface area contributed by atoms with E-state index in [0.717, 1.165) is 42.6 Å². The predicted molar refractivity (Wildman–Crippen MR) is 79.1 cm³/mol. The molecule has 0 aliphatic heterocycles. The third kappa shape index (κ3) is 2.80. The van der Waals surface area contributed by atoms with Crippen molar-refractivity contribution in [2.24, 2.45) is 0 Å². The highest BCUT2D eigenvalue weighted by atomic mass is 16.1. The number of aromatic nitrogens is 2. The quantitative estimate of drug-likeness (QED) is 0.877. The third-order valence-electron chi connectivity index (χ3n) is 3.35. The largest absolute Gasteiger partial charge is 0.268 e. The highest BCUT2D eigenvalue weighted by molar-refractivity contribution is 5.38. The fourth-order valence-corrected chi connectivity index (χ4v) is 2.50. The summed E-state index contributed by atoms with van der Waals surface area (Å²) in [4.78, 5) is 12.1. The SMILES string of the molecule is CCCc1c(CCC)n(-c2cccc(C)c2)[nH]c1=O.